The molecule has 0 N–H and O–H groups in total. The number of nitrogens with zero attached hydrogens (tertiary/aromatic N) is 2. The molecule has 0 spiro atoms. The van der Waals surface area contributed by atoms with E-state index in [9.17, 15) is 0 Å². The first kappa shape index (κ1) is 13.7. The van der Waals surface area contributed by atoms with Gasteiger partial charge in [-0.15, -0.1) is 11.6 Å². The molecule has 0 saturated heterocycles. The molecule has 1 heterocycles. The van der Waals surface area contributed by atoms with Crippen LogP contribution >= 0.6 is 23.2 Å². The van der Waals surface area contributed by atoms with E-state index < -0.39 is 0 Å². The summed E-state index contributed by atoms with van der Waals surface area (Å²) in [5, 5.41) is 0.737. The van der Waals surface area contributed by atoms with Gasteiger partial charge >= 0.3 is 0 Å². The lowest BCUT2D eigenvalue weighted by Gasteiger charge is -2.29. The Kier molecular flexibility index (Phi) is 3.88. The van der Waals surface area contributed by atoms with Gasteiger partial charge in [0.2, 0.25) is 0 Å². The van der Waals surface area contributed by atoms with E-state index in [1.54, 1.807) is 0 Å². The highest BCUT2D eigenvalue weighted by Gasteiger charge is 2.25. The Labute approximate surface area is 118 Å². The number of benzene rings is 1. The molecule has 0 atom stereocenters. The zero-order valence-corrected chi connectivity index (χ0v) is 12.5. The molecule has 0 saturated carbocycles. The summed E-state index contributed by atoms with van der Waals surface area (Å²) >= 11 is 12.4. The van der Waals surface area contributed by atoms with Crippen LogP contribution in [0.3, 0.4) is 0 Å². The fourth-order valence-electron chi connectivity index (χ4n) is 2.60. The molecule has 18 heavy (non-hydrogen) atoms. The Morgan fingerprint density at radius 1 is 1.33 bits per heavy atom. The minimum absolute atomic E-state index is 0.0291. The molecule has 0 unspecified atom stereocenters. The maximum absolute atomic E-state index is 6.33. The lowest BCUT2D eigenvalue weighted by molar-refractivity contribution is 0.326. The van der Waals surface area contributed by atoms with E-state index in [-0.39, 0.29) is 5.54 Å². The first-order chi connectivity index (χ1) is 8.51. The van der Waals surface area contributed by atoms with Crippen LogP contribution < -0.4 is 0 Å². The first-order valence-electron chi connectivity index (χ1n) is 6.23. The summed E-state index contributed by atoms with van der Waals surface area (Å²) < 4.78 is 2.20. The van der Waals surface area contributed by atoms with Gasteiger partial charge in [-0.3, -0.25) is 0 Å². The van der Waals surface area contributed by atoms with E-state index in [4.69, 9.17) is 23.2 Å². The van der Waals surface area contributed by atoms with Crippen molar-refractivity contribution in [3.8, 4) is 0 Å². The molecular formula is C14H18Cl2N2. The number of para-hydroxylation sites is 1. The van der Waals surface area contributed by atoms with Crippen LogP contribution in [0.15, 0.2) is 18.2 Å². The number of hydrogen-bond donors (Lipinski definition) is 0. The van der Waals surface area contributed by atoms with Gasteiger partial charge in [0.05, 0.1) is 21.9 Å². The van der Waals surface area contributed by atoms with Crippen LogP contribution in [0.4, 0.5) is 0 Å². The molecule has 0 bridgehead atoms. The summed E-state index contributed by atoms with van der Waals surface area (Å²) in [6.45, 7) is 6.59. The fourth-order valence-corrected chi connectivity index (χ4v) is 3.03. The molecule has 0 aliphatic carbocycles. The summed E-state index contributed by atoms with van der Waals surface area (Å²) in [4.78, 5) is 4.59. The average Bonchev–Trinajstić information content (AvgIpc) is 2.69. The van der Waals surface area contributed by atoms with E-state index in [1.807, 2.05) is 18.2 Å². The van der Waals surface area contributed by atoms with E-state index in [0.717, 1.165) is 34.7 Å². The van der Waals surface area contributed by atoms with Crippen molar-refractivity contribution >= 4 is 34.2 Å². The number of hydrogen-bond acceptors (Lipinski definition) is 1. The third kappa shape index (κ3) is 2.24. The summed E-state index contributed by atoms with van der Waals surface area (Å²) in [6, 6.07) is 5.81. The monoisotopic (exact) mass is 284 g/mol. The van der Waals surface area contributed by atoms with Crippen molar-refractivity contribution in [3.63, 3.8) is 0 Å². The Morgan fingerprint density at radius 2 is 2.06 bits per heavy atom. The van der Waals surface area contributed by atoms with Crippen molar-refractivity contribution in [2.45, 2.75) is 45.0 Å². The van der Waals surface area contributed by atoms with Crippen LogP contribution in [0, 0.1) is 0 Å². The van der Waals surface area contributed by atoms with Gasteiger partial charge in [0.25, 0.3) is 0 Å². The van der Waals surface area contributed by atoms with Gasteiger partial charge in [-0.1, -0.05) is 31.0 Å². The summed E-state index contributed by atoms with van der Waals surface area (Å²) in [5.41, 5.74) is 1.88. The molecule has 2 rings (SSSR count). The van der Waals surface area contributed by atoms with Gasteiger partial charge in [-0.25, -0.2) is 4.98 Å². The number of aromatic nitrogens is 2. The van der Waals surface area contributed by atoms with Gasteiger partial charge in [0.15, 0.2) is 0 Å². The van der Waals surface area contributed by atoms with Crippen LogP contribution in [0.2, 0.25) is 5.02 Å². The molecule has 4 heteroatoms. The van der Waals surface area contributed by atoms with Gasteiger partial charge in [-0.05, 0) is 32.4 Å². The zero-order chi connectivity index (χ0) is 13.3. The second kappa shape index (κ2) is 5.10. The first-order valence-corrected chi connectivity index (χ1v) is 7.14. The largest absolute Gasteiger partial charge is 0.320 e. The standard InChI is InChI=1S/C14H18Cl2N2/c1-4-8-14(2,3)18-12(9-15)17-11-7-5-6-10(16)13(11)18/h5-7H,4,8-9H2,1-3H3. The lowest BCUT2D eigenvalue weighted by Crippen LogP contribution is -2.27. The molecule has 0 amide bonds. The van der Waals surface area contributed by atoms with E-state index >= 15 is 0 Å². The van der Waals surface area contributed by atoms with Gasteiger partial charge < -0.3 is 4.57 Å². The zero-order valence-electron chi connectivity index (χ0n) is 11.0. The number of imidazole rings is 1. The predicted molar refractivity (Wildman–Crippen MR) is 78.5 cm³/mol. The summed E-state index contributed by atoms with van der Waals surface area (Å²) in [5.74, 6) is 1.29. The second-order valence-corrected chi connectivity index (χ2v) is 5.84. The van der Waals surface area contributed by atoms with E-state index in [2.05, 4.69) is 30.3 Å². The fraction of sp³-hybridized carbons (Fsp3) is 0.500. The third-order valence-corrected chi connectivity index (χ3v) is 3.83. The second-order valence-electron chi connectivity index (χ2n) is 5.17. The Hall–Kier alpha value is -0.730. The third-order valence-electron chi connectivity index (χ3n) is 3.28. The number of alkyl halides is 1. The van der Waals surface area contributed by atoms with Crippen LogP contribution in [0.1, 0.15) is 39.4 Å². The van der Waals surface area contributed by atoms with Gasteiger partial charge in [0.1, 0.15) is 5.82 Å². The molecule has 2 nitrogen and oxygen atoms in total. The maximum Gasteiger partial charge on any atom is 0.125 e. The Bertz CT molecular complexity index is 558. The smallest absolute Gasteiger partial charge is 0.125 e. The van der Waals surface area contributed by atoms with Crippen LogP contribution in [0.25, 0.3) is 11.0 Å². The summed E-state index contributed by atoms with van der Waals surface area (Å²) in [6.07, 6.45) is 2.17. The minimum atomic E-state index is -0.0291. The lowest BCUT2D eigenvalue weighted by atomic mass is 9.98. The highest BCUT2D eigenvalue weighted by molar-refractivity contribution is 6.35. The molecule has 2 aromatic rings. The van der Waals surface area contributed by atoms with Crippen LogP contribution in [-0.4, -0.2) is 9.55 Å². The topological polar surface area (TPSA) is 17.8 Å². The van der Waals surface area contributed by atoms with Crippen molar-refractivity contribution in [1.82, 2.24) is 9.55 Å². The Balaban J connectivity index is 2.74. The van der Waals surface area contributed by atoms with Crippen LogP contribution in [-0.2, 0) is 11.4 Å². The van der Waals surface area contributed by atoms with Crippen molar-refractivity contribution in [1.29, 1.82) is 0 Å². The molecule has 1 aromatic heterocycles. The molecule has 0 aliphatic heterocycles. The van der Waals surface area contributed by atoms with Crippen molar-refractivity contribution in [2.75, 3.05) is 0 Å². The number of fused-ring (bicyclic) bond motifs is 1. The summed E-state index contributed by atoms with van der Waals surface area (Å²) in [7, 11) is 0. The quantitative estimate of drug-likeness (QED) is 0.726. The van der Waals surface area contributed by atoms with Crippen molar-refractivity contribution in [2.24, 2.45) is 0 Å². The van der Waals surface area contributed by atoms with Crippen molar-refractivity contribution < 1.29 is 0 Å². The van der Waals surface area contributed by atoms with Gasteiger partial charge in [-0.2, -0.15) is 0 Å². The molecule has 0 radical (unpaired) electrons. The van der Waals surface area contributed by atoms with E-state index in [1.165, 1.54) is 0 Å². The normalized spacial score (nSPS) is 12.3. The minimum Gasteiger partial charge on any atom is -0.320 e. The number of rotatable bonds is 4. The Morgan fingerprint density at radius 3 is 2.67 bits per heavy atom. The molecule has 98 valence electrons. The van der Waals surface area contributed by atoms with Crippen LogP contribution in [0.5, 0.6) is 0 Å². The highest BCUT2D eigenvalue weighted by atomic mass is 35.5. The predicted octanol–water partition coefficient (Wildman–Crippen LogP) is 4.96. The van der Waals surface area contributed by atoms with E-state index in [0.29, 0.717) is 5.88 Å². The SMILES string of the molecule is CCCC(C)(C)n1c(CCl)nc2cccc(Cl)c21. The highest BCUT2D eigenvalue weighted by Crippen LogP contribution is 2.33. The number of halogens is 2. The molecule has 1 aromatic carbocycles. The average molecular weight is 285 g/mol. The van der Waals surface area contributed by atoms with Crippen molar-refractivity contribution in [3.05, 3.63) is 29.0 Å². The molecular weight excluding hydrogens is 267 g/mol. The maximum atomic E-state index is 6.33. The molecule has 0 fully saturated rings. The molecule has 0 aliphatic rings. The van der Waals surface area contributed by atoms with Gasteiger partial charge in [0, 0.05) is 5.54 Å².